The summed E-state index contributed by atoms with van der Waals surface area (Å²) in [6.07, 6.45) is 20.6. The Bertz CT molecular complexity index is 562. The highest BCUT2D eigenvalue weighted by Gasteiger charge is 2.09. The molecule has 0 atom stereocenters. The number of nitrogens with one attached hydrogen (secondary N) is 2. The Morgan fingerprint density at radius 3 is 1.19 bits per heavy atom. The van der Waals surface area contributed by atoms with E-state index in [2.05, 4.69) is 24.5 Å². The third kappa shape index (κ3) is 15.0. The summed E-state index contributed by atoms with van der Waals surface area (Å²) in [6.45, 7) is 4.47. The molecule has 2 amide bonds. The lowest BCUT2D eigenvalue weighted by atomic mass is 10.1. The second-order valence-electron chi connectivity index (χ2n) is 9.09. The molecule has 4 nitrogen and oxygen atoms in total. The van der Waals surface area contributed by atoms with Gasteiger partial charge in [0, 0.05) is 12.8 Å². The highest BCUT2D eigenvalue weighted by molar-refractivity contribution is 5.99. The van der Waals surface area contributed by atoms with Crippen molar-refractivity contribution in [1.82, 2.24) is 0 Å². The lowest BCUT2D eigenvalue weighted by Gasteiger charge is -2.12. The number of benzene rings is 1. The predicted octanol–water partition coefficient (Wildman–Crippen LogP) is 8.63. The number of carbonyl (C=O) groups is 2. The van der Waals surface area contributed by atoms with Crippen molar-refractivity contribution in [2.24, 2.45) is 0 Å². The Morgan fingerprint density at radius 1 is 0.531 bits per heavy atom. The van der Waals surface area contributed by atoms with Gasteiger partial charge in [-0.3, -0.25) is 9.59 Å². The number of amides is 2. The minimum absolute atomic E-state index is 0.0285. The first-order chi connectivity index (χ1) is 15.7. The van der Waals surface area contributed by atoms with Gasteiger partial charge >= 0.3 is 0 Å². The lowest BCUT2D eigenvalue weighted by Crippen LogP contribution is -2.16. The molecule has 0 aliphatic heterocycles. The summed E-state index contributed by atoms with van der Waals surface area (Å²) in [6, 6.07) is 7.50. The molecule has 0 unspecified atom stereocenters. The van der Waals surface area contributed by atoms with Gasteiger partial charge in [-0.2, -0.15) is 0 Å². The summed E-state index contributed by atoms with van der Waals surface area (Å²) in [5.74, 6) is 0.0570. The van der Waals surface area contributed by atoms with Crippen molar-refractivity contribution in [2.45, 2.75) is 129 Å². The molecule has 0 aliphatic rings. The Balaban J connectivity index is 2.22. The van der Waals surface area contributed by atoms with Crippen molar-refractivity contribution in [3.8, 4) is 0 Å². The van der Waals surface area contributed by atoms with Gasteiger partial charge < -0.3 is 10.6 Å². The van der Waals surface area contributed by atoms with Gasteiger partial charge in [0.2, 0.25) is 11.8 Å². The van der Waals surface area contributed by atoms with Gasteiger partial charge in [0.15, 0.2) is 0 Å². The molecule has 0 saturated heterocycles. The van der Waals surface area contributed by atoms with Crippen LogP contribution >= 0.6 is 0 Å². The van der Waals surface area contributed by atoms with E-state index in [1.165, 1.54) is 77.0 Å². The van der Waals surface area contributed by atoms with Crippen LogP contribution in [0.3, 0.4) is 0 Å². The van der Waals surface area contributed by atoms with Crippen LogP contribution in [0.5, 0.6) is 0 Å². The summed E-state index contributed by atoms with van der Waals surface area (Å²) < 4.78 is 0. The smallest absolute Gasteiger partial charge is 0.224 e. The average molecular weight is 445 g/mol. The second kappa shape index (κ2) is 19.8. The summed E-state index contributed by atoms with van der Waals surface area (Å²) in [5.41, 5.74) is 1.39. The molecule has 0 aromatic heterocycles. The van der Waals surface area contributed by atoms with Crippen molar-refractivity contribution in [3.05, 3.63) is 24.3 Å². The van der Waals surface area contributed by atoms with Crippen LogP contribution in [0, 0.1) is 0 Å². The number of hydrogen-bond acceptors (Lipinski definition) is 2. The third-order valence-electron chi connectivity index (χ3n) is 5.99. The maximum Gasteiger partial charge on any atom is 0.224 e. The fourth-order valence-electron chi connectivity index (χ4n) is 3.97. The predicted molar refractivity (Wildman–Crippen MR) is 138 cm³/mol. The van der Waals surface area contributed by atoms with Gasteiger partial charge in [-0.1, -0.05) is 116 Å². The Hall–Kier alpha value is -1.84. The van der Waals surface area contributed by atoms with Crippen LogP contribution in [0.15, 0.2) is 24.3 Å². The van der Waals surface area contributed by atoms with E-state index in [0.29, 0.717) is 24.2 Å². The maximum absolute atomic E-state index is 12.3. The van der Waals surface area contributed by atoms with Gasteiger partial charge in [0.25, 0.3) is 0 Å². The number of anilines is 2. The zero-order chi connectivity index (χ0) is 23.3. The summed E-state index contributed by atoms with van der Waals surface area (Å²) in [7, 11) is 0. The number of para-hydroxylation sites is 2. The molecule has 1 rings (SSSR count). The van der Waals surface area contributed by atoms with E-state index < -0.39 is 0 Å². The lowest BCUT2D eigenvalue weighted by molar-refractivity contribution is -0.117. The van der Waals surface area contributed by atoms with Crippen LogP contribution in [0.4, 0.5) is 11.4 Å². The first-order valence-electron chi connectivity index (χ1n) is 13.4. The standard InChI is InChI=1S/C28H48N2O2/c1-3-5-7-9-11-13-15-17-23-27(31)29-25-21-19-20-22-26(25)30-28(32)24-18-16-14-12-10-8-6-4-2/h19-22H,3-18,23-24H2,1-2H3,(H,29,31)(H,30,32). The van der Waals surface area contributed by atoms with E-state index in [1.807, 2.05) is 24.3 Å². The van der Waals surface area contributed by atoms with E-state index in [-0.39, 0.29) is 11.8 Å². The highest BCUT2D eigenvalue weighted by Crippen LogP contribution is 2.22. The van der Waals surface area contributed by atoms with Crippen LogP contribution in [0.25, 0.3) is 0 Å². The van der Waals surface area contributed by atoms with Crippen molar-refractivity contribution in [1.29, 1.82) is 0 Å². The van der Waals surface area contributed by atoms with E-state index in [4.69, 9.17) is 0 Å². The highest BCUT2D eigenvalue weighted by atomic mass is 16.2. The molecule has 0 spiro atoms. The minimum atomic E-state index is 0.0285. The molecule has 0 saturated carbocycles. The first-order valence-corrected chi connectivity index (χ1v) is 13.4. The van der Waals surface area contributed by atoms with Crippen molar-refractivity contribution in [2.75, 3.05) is 10.6 Å². The molecule has 32 heavy (non-hydrogen) atoms. The number of rotatable bonds is 20. The fourth-order valence-corrected chi connectivity index (χ4v) is 3.97. The SMILES string of the molecule is CCCCCCCCCCC(=O)Nc1ccccc1NC(=O)CCCCCCCCCC. The molecule has 2 N–H and O–H groups in total. The monoisotopic (exact) mass is 444 g/mol. The topological polar surface area (TPSA) is 58.2 Å². The van der Waals surface area contributed by atoms with Crippen LogP contribution in [0.1, 0.15) is 129 Å². The molecule has 0 fully saturated rings. The normalized spacial score (nSPS) is 10.8. The van der Waals surface area contributed by atoms with Crippen LogP contribution in [0.2, 0.25) is 0 Å². The molecule has 1 aromatic rings. The molecular formula is C28H48N2O2. The molecule has 0 radical (unpaired) electrons. The molecule has 1 aromatic carbocycles. The largest absolute Gasteiger partial charge is 0.324 e. The van der Waals surface area contributed by atoms with E-state index in [0.717, 1.165) is 25.7 Å². The minimum Gasteiger partial charge on any atom is -0.324 e. The zero-order valence-corrected chi connectivity index (χ0v) is 20.9. The number of hydrogen-bond donors (Lipinski definition) is 2. The summed E-state index contributed by atoms with van der Waals surface area (Å²) >= 11 is 0. The molecule has 0 heterocycles. The van der Waals surface area contributed by atoms with Gasteiger partial charge in [0.1, 0.15) is 0 Å². The van der Waals surface area contributed by atoms with E-state index in [9.17, 15) is 9.59 Å². The van der Waals surface area contributed by atoms with E-state index >= 15 is 0 Å². The Kier molecular flexibility index (Phi) is 17.5. The van der Waals surface area contributed by atoms with Crippen molar-refractivity contribution >= 4 is 23.2 Å². The molecule has 4 heteroatoms. The van der Waals surface area contributed by atoms with Crippen molar-refractivity contribution < 1.29 is 9.59 Å². The van der Waals surface area contributed by atoms with Crippen LogP contribution < -0.4 is 10.6 Å². The fraction of sp³-hybridized carbons (Fsp3) is 0.714. The van der Waals surface area contributed by atoms with Gasteiger partial charge in [0.05, 0.1) is 11.4 Å². The first kappa shape index (κ1) is 28.2. The zero-order valence-electron chi connectivity index (χ0n) is 20.9. The van der Waals surface area contributed by atoms with Crippen LogP contribution in [-0.4, -0.2) is 11.8 Å². The molecule has 0 bridgehead atoms. The van der Waals surface area contributed by atoms with Gasteiger partial charge in [-0.25, -0.2) is 0 Å². The summed E-state index contributed by atoms with van der Waals surface area (Å²) in [4.78, 5) is 24.7. The third-order valence-corrected chi connectivity index (χ3v) is 5.99. The van der Waals surface area contributed by atoms with Crippen molar-refractivity contribution in [3.63, 3.8) is 0 Å². The molecule has 0 aliphatic carbocycles. The quantitative estimate of drug-likeness (QED) is 0.198. The van der Waals surface area contributed by atoms with Gasteiger partial charge in [-0.15, -0.1) is 0 Å². The second-order valence-corrected chi connectivity index (χ2v) is 9.09. The number of unbranched alkanes of at least 4 members (excludes halogenated alkanes) is 14. The average Bonchev–Trinajstić information content (AvgIpc) is 2.78. The molecular weight excluding hydrogens is 396 g/mol. The summed E-state index contributed by atoms with van der Waals surface area (Å²) in [5, 5.41) is 5.96. The Morgan fingerprint density at radius 2 is 0.844 bits per heavy atom. The van der Waals surface area contributed by atoms with Gasteiger partial charge in [-0.05, 0) is 25.0 Å². The number of carbonyl (C=O) groups excluding carboxylic acids is 2. The van der Waals surface area contributed by atoms with Crippen LogP contribution in [-0.2, 0) is 9.59 Å². The Labute approximate surface area is 197 Å². The molecule has 182 valence electrons. The van der Waals surface area contributed by atoms with E-state index in [1.54, 1.807) is 0 Å². The maximum atomic E-state index is 12.3.